The van der Waals surface area contributed by atoms with Gasteiger partial charge in [0.2, 0.25) is 6.10 Å². The van der Waals surface area contributed by atoms with Crippen LogP contribution >= 0.6 is 0 Å². The average molecular weight is 458 g/mol. The monoisotopic (exact) mass is 457 g/mol. The van der Waals surface area contributed by atoms with E-state index in [1.165, 1.54) is 7.05 Å². The van der Waals surface area contributed by atoms with Crippen molar-refractivity contribution in [1.29, 1.82) is 0 Å². The summed E-state index contributed by atoms with van der Waals surface area (Å²) in [6.45, 7) is 15.6. The SMILES string of the molecule is C.C.CCC(C)C1OC(OCC2OC(C3OC(=O)N(C)C3=O)C(C)C(C)C2C)C(C)C1C. The fourth-order valence-corrected chi connectivity index (χ4v) is 5.05. The Morgan fingerprint density at radius 2 is 1.56 bits per heavy atom. The molecule has 32 heavy (non-hydrogen) atoms. The molecule has 0 spiro atoms. The van der Waals surface area contributed by atoms with E-state index in [0.29, 0.717) is 30.3 Å². The molecule has 0 bridgehead atoms. The lowest BCUT2D eigenvalue weighted by molar-refractivity contribution is -0.217. The molecule has 188 valence electrons. The Morgan fingerprint density at radius 3 is 2.09 bits per heavy atom. The fourth-order valence-electron chi connectivity index (χ4n) is 5.05. The van der Waals surface area contributed by atoms with Gasteiger partial charge in [-0.1, -0.05) is 69.7 Å². The molecule has 0 aliphatic carbocycles. The van der Waals surface area contributed by atoms with Crippen molar-refractivity contribution >= 4 is 12.0 Å². The molecule has 0 radical (unpaired) electrons. The third-order valence-electron chi connectivity index (χ3n) is 8.17. The van der Waals surface area contributed by atoms with E-state index >= 15 is 0 Å². The highest BCUT2D eigenvalue weighted by molar-refractivity contribution is 6.00. The molecule has 3 fully saturated rings. The van der Waals surface area contributed by atoms with Crippen LogP contribution in [-0.2, 0) is 23.7 Å². The largest absolute Gasteiger partial charge is 0.433 e. The quantitative estimate of drug-likeness (QED) is 0.560. The predicted octanol–water partition coefficient (Wildman–Crippen LogP) is 4.97. The van der Waals surface area contributed by atoms with Crippen molar-refractivity contribution in [2.24, 2.45) is 35.5 Å². The van der Waals surface area contributed by atoms with E-state index in [9.17, 15) is 9.59 Å². The summed E-state index contributed by atoms with van der Waals surface area (Å²) in [4.78, 5) is 25.3. The van der Waals surface area contributed by atoms with Gasteiger partial charge in [-0.3, -0.25) is 4.79 Å². The maximum absolute atomic E-state index is 12.5. The molecule has 3 aliphatic rings. The lowest BCUT2D eigenvalue weighted by Gasteiger charge is -2.44. The van der Waals surface area contributed by atoms with Gasteiger partial charge in [-0.15, -0.1) is 0 Å². The van der Waals surface area contributed by atoms with Gasteiger partial charge in [0.05, 0.1) is 18.8 Å². The molecule has 11 atom stereocenters. The molecule has 0 N–H and O–H groups in total. The Bertz CT molecular complexity index is 642. The lowest BCUT2D eigenvalue weighted by atomic mass is 9.75. The summed E-state index contributed by atoms with van der Waals surface area (Å²) in [5, 5.41) is 0. The minimum atomic E-state index is -0.883. The zero-order valence-electron chi connectivity index (χ0n) is 19.7. The molecule has 0 aromatic carbocycles. The predicted molar refractivity (Wildman–Crippen MR) is 125 cm³/mol. The summed E-state index contributed by atoms with van der Waals surface area (Å²) in [5.74, 6) is 1.53. The first-order chi connectivity index (χ1) is 14.1. The van der Waals surface area contributed by atoms with E-state index in [4.69, 9.17) is 18.9 Å². The summed E-state index contributed by atoms with van der Waals surface area (Å²) in [7, 11) is 1.44. The van der Waals surface area contributed by atoms with E-state index in [1.807, 2.05) is 0 Å². The first-order valence-corrected chi connectivity index (χ1v) is 11.5. The Hall–Kier alpha value is -1.18. The zero-order chi connectivity index (χ0) is 22.3. The van der Waals surface area contributed by atoms with Gasteiger partial charge >= 0.3 is 6.09 Å². The second kappa shape index (κ2) is 11.3. The summed E-state index contributed by atoms with van der Waals surface area (Å²) in [5.41, 5.74) is 0. The molecule has 3 rings (SSSR count). The van der Waals surface area contributed by atoms with Crippen LogP contribution in [-0.4, -0.2) is 61.3 Å². The van der Waals surface area contributed by atoms with Gasteiger partial charge in [-0.25, -0.2) is 9.69 Å². The molecule has 0 aromatic heterocycles. The number of hydrogen-bond acceptors (Lipinski definition) is 6. The number of carbonyl (C=O) groups excluding carboxylic acids is 2. The van der Waals surface area contributed by atoms with Crippen LogP contribution in [0.5, 0.6) is 0 Å². The smallest absolute Gasteiger partial charge is 0.417 e. The number of nitrogens with zero attached hydrogens (tertiary/aromatic N) is 1. The molecule has 2 amide bonds. The second-order valence-corrected chi connectivity index (χ2v) is 9.82. The van der Waals surface area contributed by atoms with Crippen LogP contribution in [0.2, 0.25) is 0 Å². The molecule has 0 saturated carbocycles. The average Bonchev–Trinajstić information content (AvgIpc) is 3.15. The molecule has 3 heterocycles. The molecule has 7 nitrogen and oxygen atoms in total. The van der Waals surface area contributed by atoms with Crippen LogP contribution in [0, 0.1) is 35.5 Å². The van der Waals surface area contributed by atoms with Crippen LogP contribution in [0.4, 0.5) is 4.79 Å². The molecular weight excluding hydrogens is 410 g/mol. The number of cyclic esters (lactones) is 1. The van der Waals surface area contributed by atoms with Crippen molar-refractivity contribution in [2.45, 2.75) is 100 Å². The van der Waals surface area contributed by atoms with Crippen molar-refractivity contribution in [3.8, 4) is 0 Å². The normalized spacial score (nSPS) is 42.8. The maximum atomic E-state index is 12.5. The molecule has 3 aliphatic heterocycles. The van der Waals surface area contributed by atoms with Crippen molar-refractivity contribution in [3.63, 3.8) is 0 Å². The third-order valence-corrected chi connectivity index (χ3v) is 8.17. The maximum Gasteiger partial charge on any atom is 0.417 e. The van der Waals surface area contributed by atoms with Gasteiger partial charge in [0.1, 0.15) is 6.10 Å². The van der Waals surface area contributed by atoms with Crippen molar-refractivity contribution in [3.05, 3.63) is 0 Å². The minimum absolute atomic E-state index is 0. The number of amides is 2. The van der Waals surface area contributed by atoms with Crippen LogP contribution < -0.4 is 0 Å². The number of likely N-dealkylation sites (N-methyl/N-ethyl adjacent to an activating group) is 1. The number of hydrogen-bond donors (Lipinski definition) is 0. The lowest BCUT2D eigenvalue weighted by Crippen LogP contribution is -2.53. The Labute approximate surface area is 195 Å². The number of carbonyl (C=O) groups is 2. The van der Waals surface area contributed by atoms with E-state index in [1.54, 1.807) is 0 Å². The van der Waals surface area contributed by atoms with Crippen LogP contribution in [0.3, 0.4) is 0 Å². The summed E-state index contributed by atoms with van der Waals surface area (Å²) in [6, 6.07) is 0. The number of rotatable bonds is 6. The molecular formula is C25H47NO6. The number of ether oxygens (including phenoxy) is 4. The van der Waals surface area contributed by atoms with E-state index < -0.39 is 18.3 Å². The standard InChI is InChI=1S/C23H39NO6.2CH4/c1-9-11(2)18-15(6)16(7)22(29-18)27-10-17-13(4)12(3)14(5)19(28-17)20-21(25)24(8)23(26)30-20;;/h11-20,22H,9-10H2,1-8H3;2*1H4. The van der Waals surface area contributed by atoms with Crippen molar-refractivity contribution in [2.75, 3.05) is 13.7 Å². The Kier molecular flexibility index (Phi) is 10.2. The highest BCUT2D eigenvalue weighted by Gasteiger charge is 2.51. The van der Waals surface area contributed by atoms with Crippen LogP contribution in [0.15, 0.2) is 0 Å². The third kappa shape index (κ3) is 5.15. The Balaban J connectivity index is 0.00000256. The van der Waals surface area contributed by atoms with E-state index in [2.05, 4.69) is 48.5 Å². The van der Waals surface area contributed by atoms with E-state index in [0.717, 1.165) is 11.3 Å². The van der Waals surface area contributed by atoms with Gasteiger partial charge in [-0.2, -0.15) is 0 Å². The minimum Gasteiger partial charge on any atom is -0.433 e. The molecule has 7 heteroatoms. The van der Waals surface area contributed by atoms with Gasteiger partial charge in [0.25, 0.3) is 5.91 Å². The summed E-state index contributed by atoms with van der Waals surface area (Å²) >= 11 is 0. The highest BCUT2D eigenvalue weighted by Crippen LogP contribution is 2.40. The molecule has 11 unspecified atom stereocenters. The zero-order valence-corrected chi connectivity index (χ0v) is 19.7. The van der Waals surface area contributed by atoms with Gasteiger partial charge in [0.15, 0.2) is 6.29 Å². The van der Waals surface area contributed by atoms with Crippen molar-refractivity contribution in [1.82, 2.24) is 4.90 Å². The topological polar surface area (TPSA) is 74.3 Å². The van der Waals surface area contributed by atoms with Gasteiger partial charge < -0.3 is 18.9 Å². The van der Waals surface area contributed by atoms with Gasteiger partial charge in [-0.05, 0) is 29.6 Å². The fraction of sp³-hybridized carbons (Fsp3) is 0.920. The summed E-state index contributed by atoms with van der Waals surface area (Å²) < 4.78 is 24.2. The van der Waals surface area contributed by atoms with Crippen LogP contribution in [0.25, 0.3) is 0 Å². The first kappa shape index (κ1) is 28.9. The Morgan fingerprint density at radius 1 is 0.938 bits per heavy atom. The van der Waals surface area contributed by atoms with E-state index in [-0.39, 0.29) is 51.1 Å². The first-order valence-electron chi connectivity index (χ1n) is 11.5. The highest BCUT2D eigenvalue weighted by atomic mass is 16.7. The summed E-state index contributed by atoms with van der Waals surface area (Å²) in [6.07, 6.45) is -1.12. The van der Waals surface area contributed by atoms with Crippen LogP contribution in [0.1, 0.15) is 69.7 Å². The molecule has 0 aromatic rings. The van der Waals surface area contributed by atoms with Crippen molar-refractivity contribution < 1.29 is 28.5 Å². The molecule has 3 saturated heterocycles. The van der Waals surface area contributed by atoms with Gasteiger partial charge in [0, 0.05) is 13.0 Å². The number of imide groups is 1. The second-order valence-electron chi connectivity index (χ2n) is 9.82.